The van der Waals surface area contributed by atoms with Crippen LogP contribution in [0, 0.1) is 0 Å². The first-order chi connectivity index (χ1) is 21.7. The van der Waals surface area contributed by atoms with Crippen molar-refractivity contribution < 1.29 is 0 Å². The number of hydrogen-bond acceptors (Lipinski definition) is 4. The van der Waals surface area contributed by atoms with Gasteiger partial charge in [-0.15, -0.1) is 13.2 Å². The van der Waals surface area contributed by atoms with Gasteiger partial charge in [-0.25, -0.2) is 0 Å². The molecule has 0 aliphatic carbocycles. The molecule has 0 amide bonds. The summed E-state index contributed by atoms with van der Waals surface area (Å²) < 4.78 is 0. The van der Waals surface area contributed by atoms with Crippen molar-refractivity contribution in [1.82, 2.24) is 0 Å². The fourth-order valence-electron chi connectivity index (χ4n) is 6.24. The zero-order valence-corrected chi connectivity index (χ0v) is 26.8. The molecule has 2 nitrogen and oxygen atoms in total. The van der Waals surface area contributed by atoms with Crippen LogP contribution in [-0.4, -0.2) is 13.1 Å². The molecule has 0 unspecified atom stereocenters. The molecule has 0 radical (unpaired) electrons. The third-order valence-corrected chi connectivity index (χ3v) is 10.7. The second-order valence-electron chi connectivity index (χ2n) is 11.7. The number of allylic oxidation sites excluding steroid dienone is 2. The lowest BCUT2D eigenvalue weighted by Crippen LogP contribution is -2.22. The average molecular weight is 611 g/mol. The van der Waals surface area contributed by atoms with Gasteiger partial charge in [0.2, 0.25) is 0 Å². The number of rotatable bonds is 10. The van der Waals surface area contributed by atoms with Crippen molar-refractivity contribution in [3.63, 3.8) is 0 Å². The second kappa shape index (κ2) is 13.0. The number of anilines is 4. The average Bonchev–Trinajstić information content (AvgIpc) is 3.05. The van der Waals surface area contributed by atoms with Crippen molar-refractivity contribution >= 4 is 70.6 Å². The fraction of sp³-hybridized carbons (Fsp3) is 0.200. The number of benzene rings is 4. The van der Waals surface area contributed by atoms with Crippen LogP contribution in [0.5, 0.6) is 0 Å². The van der Waals surface area contributed by atoms with E-state index in [1.54, 1.807) is 0 Å². The molecule has 220 valence electrons. The molecule has 0 fully saturated rings. The fourth-order valence-corrected chi connectivity index (χ4v) is 8.62. The van der Waals surface area contributed by atoms with E-state index in [0.29, 0.717) is 0 Å². The summed E-state index contributed by atoms with van der Waals surface area (Å²) in [5, 5.41) is 0. The van der Waals surface area contributed by atoms with Gasteiger partial charge >= 0.3 is 0 Å². The molecule has 4 aromatic rings. The summed E-state index contributed by atoms with van der Waals surface area (Å²) in [5.74, 6) is 0. The molecule has 4 aromatic carbocycles. The highest BCUT2D eigenvalue weighted by molar-refractivity contribution is 8.00. The van der Waals surface area contributed by atoms with Crippen LogP contribution < -0.4 is 9.80 Å². The molecule has 0 atom stereocenters. The van der Waals surface area contributed by atoms with Gasteiger partial charge in [0.25, 0.3) is 0 Å². The minimum absolute atomic E-state index is 1.01. The molecule has 8 bridgehead atoms. The van der Waals surface area contributed by atoms with E-state index in [0.717, 1.165) is 51.6 Å². The Morgan fingerprint density at radius 2 is 0.773 bits per heavy atom. The van der Waals surface area contributed by atoms with Crippen molar-refractivity contribution in [1.29, 1.82) is 0 Å². The lowest BCUT2D eigenvalue weighted by atomic mass is 10.1. The smallest absolute Gasteiger partial charge is 0.0553 e. The molecule has 0 saturated heterocycles. The predicted octanol–water partition coefficient (Wildman–Crippen LogP) is 12.3. The molecule has 4 heteroatoms. The van der Waals surface area contributed by atoms with Crippen molar-refractivity contribution in [3.8, 4) is 0 Å². The second-order valence-corrected chi connectivity index (χ2v) is 13.8. The molecule has 0 saturated carbocycles. The molecule has 3 aliphatic rings. The number of unbranched alkanes of at least 4 members (excludes halogenated alkanes) is 4. The van der Waals surface area contributed by atoms with E-state index in [9.17, 15) is 0 Å². The molecule has 0 N–H and O–H groups in total. The Labute approximate surface area is 270 Å². The van der Waals surface area contributed by atoms with Crippen LogP contribution >= 0.6 is 23.5 Å². The highest BCUT2D eigenvalue weighted by atomic mass is 32.2. The topological polar surface area (TPSA) is 6.48 Å². The van der Waals surface area contributed by atoms with Gasteiger partial charge in [0, 0.05) is 32.7 Å². The van der Waals surface area contributed by atoms with Gasteiger partial charge in [-0.1, -0.05) is 84.2 Å². The summed E-state index contributed by atoms with van der Waals surface area (Å²) in [7, 11) is 0. The van der Waals surface area contributed by atoms with Crippen molar-refractivity contribution in [2.45, 2.75) is 58.1 Å². The zero-order chi connectivity index (χ0) is 29.9. The van der Waals surface area contributed by atoms with Gasteiger partial charge in [0.15, 0.2) is 0 Å². The standard InChI is InChI=1S/C40H38N2S2/c1-3-5-7-9-23-41-33-19-15-29-11-13-31-17-21-35-39(27-31)44-40-28-32(18-22-36(40)42(35)24-10-8-6-4-2)14-12-30-16-20-34(41)38(26-30)43-37(33)25-29/h3-4,11-22,25-28H,1-2,5-10,23-24H2. The first-order valence-electron chi connectivity index (χ1n) is 15.7. The molecule has 3 aliphatic heterocycles. The van der Waals surface area contributed by atoms with Gasteiger partial charge in [0.05, 0.1) is 22.7 Å². The number of hydrogen-bond donors (Lipinski definition) is 0. The number of fused-ring (bicyclic) bond motifs is 4. The summed E-state index contributed by atoms with van der Waals surface area (Å²) >= 11 is 3.78. The molecule has 3 heterocycles. The molecular formula is C40H38N2S2. The molecule has 0 spiro atoms. The van der Waals surface area contributed by atoms with E-state index in [-0.39, 0.29) is 0 Å². The highest BCUT2D eigenvalue weighted by Gasteiger charge is 2.25. The Balaban J connectivity index is 1.30. The molecule has 44 heavy (non-hydrogen) atoms. The van der Waals surface area contributed by atoms with Crippen molar-refractivity contribution in [3.05, 3.63) is 120 Å². The minimum Gasteiger partial charge on any atom is -0.340 e. The maximum Gasteiger partial charge on any atom is 0.0553 e. The largest absolute Gasteiger partial charge is 0.340 e. The lowest BCUT2D eigenvalue weighted by Gasteiger charge is -2.33. The third-order valence-electron chi connectivity index (χ3n) is 8.55. The Kier molecular flexibility index (Phi) is 8.54. The summed E-state index contributed by atoms with van der Waals surface area (Å²) in [6.45, 7) is 9.84. The monoisotopic (exact) mass is 610 g/mol. The van der Waals surface area contributed by atoms with Crippen LogP contribution in [0.25, 0.3) is 24.3 Å². The Hall–Kier alpha value is -3.86. The first-order valence-corrected chi connectivity index (χ1v) is 17.4. The summed E-state index contributed by atoms with van der Waals surface area (Å²) in [6.07, 6.45) is 19.8. The van der Waals surface area contributed by atoms with E-state index in [1.165, 1.54) is 64.6 Å². The summed E-state index contributed by atoms with van der Waals surface area (Å²) in [6, 6.07) is 27.7. The van der Waals surface area contributed by atoms with E-state index in [4.69, 9.17) is 0 Å². The number of nitrogens with zero attached hydrogens (tertiary/aromatic N) is 2. The first kappa shape index (κ1) is 28.9. The van der Waals surface area contributed by atoms with Gasteiger partial charge in [-0.05, 0) is 109 Å². The third kappa shape index (κ3) is 5.94. The lowest BCUT2D eigenvalue weighted by molar-refractivity contribution is 0.738. The normalized spacial score (nSPS) is 13.9. The van der Waals surface area contributed by atoms with E-state index >= 15 is 0 Å². The van der Waals surface area contributed by atoms with Gasteiger partial charge in [-0.3, -0.25) is 0 Å². The molecule has 0 aromatic heterocycles. The van der Waals surface area contributed by atoms with E-state index in [1.807, 2.05) is 35.7 Å². The van der Waals surface area contributed by atoms with Gasteiger partial charge < -0.3 is 9.80 Å². The van der Waals surface area contributed by atoms with Crippen LogP contribution in [0.4, 0.5) is 22.7 Å². The van der Waals surface area contributed by atoms with Crippen LogP contribution in [0.1, 0.15) is 60.8 Å². The summed E-state index contributed by atoms with van der Waals surface area (Å²) in [4.78, 5) is 10.3. The predicted molar refractivity (Wildman–Crippen MR) is 194 cm³/mol. The van der Waals surface area contributed by atoms with Crippen LogP contribution in [0.2, 0.25) is 0 Å². The van der Waals surface area contributed by atoms with Gasteiger partial charge in [0.1, 0.15) is 0 Å². The Bertz CT molecular complexity index is 1540. The zero-order valence-electron chi connectivity index (χ0n) is 25.2. The Morgan fingerprint density at radius 3 is 1.07 bits per heavy atom. The Morgan fingerprint density at radius 1 is 0.455 bits per heavy atom. The van der Waals surface area contributed by atoms with Crippen molar-refractivity contribution in [2.75, 3.05) is 22.9 Å². The summed E-state index contributed by atoms with van der Waals surface area (Å²) in [5.41, 5.74) is 10.1. The van der Waals surface area contributed by atoms with E-state index < -0.39 is 0 Å². The van der Waals surface area contributed by atoms with Crippen molar-refractivity contribution in [2.24, 2.45) is 0 Å². The SMILES string of the molecule is C=CCCCCN1c2ccc3cc2Sc2cc(ccc21)C=Cc1ccc2c(c1)Sc1cc(ccc1N2CCCCC=C)C=C3. The quantitative estimate of drug-likeness (QED) is 0.115. The minimum atomic E-state index is 1.01. The van der Waals surface area contributed by atoms with Crippen LogP contribution in [-0.2, 0) is 0 Å². The van der Waals surface area contributed by atoms with Crippen LogP contribution in [0.3, 0.4) is 0 Å². The van der Waals surface area contributed by atoms with Crippen LogP contribution in [0.15, 0.2) is 118 Å². The van der Waals surface area contributed by atoms with E-state index in [2.05, 4.69) is 120 Å². The molecule has 7 rings (SSSR count). The maximum atomic E-state index is 3.91. The van der Waals surface area contributed by atoms with Gasteiger partial charge in [-0.2, -0.15) is 0 Å². The maximum absolute atomic E-state index is 3.91. The molecular weight excluding hydrogens is 573 g/mol. The highest BCUT2D eigenvalue weighted by Crippen LogP contribution is 2.51.